The van der Waals surface area contributed by atoms with Crippen LogP contribution in [-0.4, -0.2) is 19.1 Å². The highest BCUT2D eigenvalue weighted by atomic mass is 19.1. The first-order chi connectivity index (χ1) is 10.1. The molecule has 0 unspecified atom stereocenters. The Labute approximate surface area is 122 Å². The van der Waals surface area contributed by atoms with Gasteiger partial charge in [0.1, 0.15) is 17.6 Å². The number of hydrogen-bond donors (Lipinski definition) is 2. The summed E-state index contributed by atoms with van der Waals surface area (Å²) < 4.78 is 18.7. The van der Waals surface area contributed by atoms with Gasteiger partial charge in [-0.3, -0.25) is 4.79 Å². The molecule has 0 aliphatic carbocycles. The summed E-state index contributed by atoms with van der Waals surface area (Å²) in [4.78, 5) is 12.1. The highest BCUT2D eigenvalue weighted by molar-refractivity contribution is 5.96. The fraction of sp³-hybridized carbons (Fsp3) is 0.188. The van der Waals surface area contributed by atoms with E-state index < -0.39 is 11.9 Å². The lowest BCUT2D eigenvalue weighted by atomic mass is 10.2. The number of halogens is 1. The van der Waals surface area contributed by atoms with E-state index in [1.54, 1.807) is 32.2 Å². The molecule has 0 saturated carbocycles. The number of amides is 1. The highest BCUT2D eigenvalue weighted by Crippen LogP contribution is 2.24. The Bertz CT molecular complexity index is 631. The Morgan fingerprint density at radius 3 is 2.38 bits per heavy atom. The largest absolute Gasteiger partial charge is 0.495 e. The molecule has 2 rings (SSSR count). The number of carbonyl (C=O) groups is 1. The lowest BCUT2D eigenvalue weighted by Gasteiger charge is -2.17. The molecule has 4 nitrogen and oxygen atoms in total. The van der Waals surface area contributed by atoms with Gasteiger partial charge in [-0.15, -0.1) is 0 Å². The lowest BCUT2D eigenvalue weighted by Crippen LogP contribution is -2.32. The summed E-state index contributed by atoms with van der Waals surface area (Å²) in [6.07, 6.45) is 0. The van der Waals surface area contributed by atoms with Crippen molar-refractivity contribution in [3.05, 3.63) is 54.3 Å². The van der Waals surface area contributed by atoms with Crippen molar-refractivity contribution in [2.45, 2.75) is 13.0 Å². The lowest BCUT2D eigenvalue weighted by molar-refractivity contribution is -0.116. The first-order valence-electron chi connectivity index (χ1n) is 6.56. The van der Waals surface area contributed by atoms with Gasteiger partial charge in [-0.2, -0.15) is 0 Å². The second-order valence-corrected chi connectivity index (χ2v) is 4.54. The molecule has 1 amide bonds. The maximum Gasteiger partial charge on any atom is 0.246 e. The first kappa shape index (κ1) is 14.8. The molecule has 0 saturated heterocycles. The number of ether oxygens (including phenoxy) is 1. The first-order valence-corrected chi connectivity index (χ1v) is 6.56. The van der Waals surface area contributed by atoms with Crippen molar-refractivity contribution >= 4 is 17.3 Å². The summed E-state index contributed by atoms with van der Waals surface area (Å²) in [6.45, 7) is 1.70. The van der Waals surface area contributed by atoms with Crippen LogP contribution in [0.5, 0.6) is 5.75 Å². The molecule has 110 valence electrons. The minimum Gasteiger partial charge on any atom is -0.495 e. The summed E-state index contributed by atoms with van der Waals surface area (Å²) in [7, 11) is 1.56. The van der Waals surface area contributed by atoms with Crippen LogP contribution in [0.4, 0.5) is 15.8 Å². The van der Waals surface area contributed by atoms with Crippen LogP contribution in [0.1, 0.15) is 6.92 Å². The zero-order chi connectivity index (χ0) is 15.2. The quantitative estimate of drug-likeness (QED) is 0.887. The topological polar surface area (TPSA) is 50.4 Å². The van der Waals surface area contributed by atoms with Gasteiger partial charge in [-0.05, 0) is 31.2 Å². The molecule has 5 heteroatoms. The summed E-state index contributed by atoms with van der Waals surface area (Å²) in [6, 6.07) is 12.8. The number of methoxy groups -OCH3 is 1. The Balaban J connectivity index is 2.05. The Morgan fingerprint density at radius 2 is 1.71 bits per heavy atom. The number of hydrogen-bond acceptors (Lipinski definition) is 3. The maximum absolute atomic E-state index is 13.5. The molecule has 0 aromatic heterocycles. The predicted octanol–water partition coefficient (Wildman–Crippen LogP) is 3.27. The number of rotatable bonds is 5. The van der Waals surface area contributed by atoms with Gasteiger partial charge in [-0.25, -0.2) is 4.39 Å². The zero-order valence-corrected chi connectivity index (χ0v) is 11.9. The van der Waals surface area contributed by atoms with E-state index in [1.807, 2.05) is 18.2 Å². The molecular weight excluding hydrogens is 271 g/mol. The smallest absolute Gasteiger partial charge is 0.246 e. The molecule has 0 aliphatic rings. The van der Waals surface area contributed by atoms with Gasteiger partial charge < -0.3 is 15.4 Å². The van der Waals surface area contributed by atoms with Crippen molar-refractivity contribution in [2.24, 2.45) is 0 Å². The molecule has 0 heterocycles. The van der Waals surface area contributed by atoms with Crippen LogP contribution in [0.15, 0.2) is 48.5 Å². The van der Waals surface area contributed by atoms with Gasteiger partial charge in [0.2, 0.25) is 5.91 Å². The fourth-order valence-corrected chi connectivity index (χ4v) is 1.87. The van der Waals surface area contributed by atoms with E-state index in [2.05, 4.69) is 10.6 Å². The van der Waals surface area contributed by atoms with Crippen molar-refractivity contribution in [2.75, 3.05) is 17.7 Å². The number of carbonyl (C=O) groups excluding carboxylic acids is 1. The van der Waals surface area contributed by atoms with Gasteiger partial charge in [0.25, 0.3) is 0 Å². The molecule has 2 aromatic carbocycles. The Hall–Kier alpha value is -2.56. The summed E-state index contributed by atoms with van der Waals surface area (Å²) in [5.74, 6) is -0.149. The summed E-state index contributed by atoms with van der Waals surface area (Å²) in [5, 5.41) is 5.59. The second kappa shape index (κ2) is 6.74. The van der Waals surface area contributed by atoms with E-state index in [4.69, 9.17) is 4.74 Å². The predicted molar refractivity (Wildman–Crippen MR) is 81.1 cm³/mol. The normalized spacial score (nSPS) is 11.6. The van der Waals surface area contributed by atoms with Gasteiger partial charge >= 0.3 is 0 Å². The fourth-order valence-electron chi connectivity index (χ4n) is 1.87. The average molecular weight is 288 g/mol. The molecule has 0 spiro atoms. The van der Waals surface area contributed by atoms with Gasteiger partial charge in [-0.1, -0.05) is 24.3 Å². The minimum atomic E-state index is -0.541. The zero-order valence-electron chi connectivity index (χ0n) is 11.9. The molecule has 0 aliphatic heterocycles. The van der Waals surface area contributed by atoms with Crippen molar-refractivity contribution in [1.29, 1.82) is 0 Å². The van der Waals surface area contributed by atoms with Gasteiger partial charge in [0, 0.05) is 0 Å². The minimum absolute atomic E-state index is 0.163. The standard InChI is InChI=1S/C16H17FN2O2/c1-11(18-14-9-5-6-10-15(14)21-2)16(20)19-13-8-4-3-7-12(13)17/h3-11,18H,1-2H3,(H,19,20)/t11-/m1/s1. The molecule has 0 radical (unpaired) electrons. The van der Waals surface area contributed by atoms with Gasteiger partial charge in [0.05, 0.1) is 18.5 Å². The second-order valence-electron chi connectivity index (χ2n) is 4.54. The van der Waals surface area contributed by atoms with E-state index in [0.29, 0.717) is 11.4 Å². The van der Waals surface area contributed by atoms with Crippen molar-refractivity contribution < 1.29 is 13.9 Å². The SMILES string of the molecule is COc1ccccc1N[C@H](C)C(=O)Nc1ccccc1F. The Morgan fingerprint density at radius 1 is 1.10 bits per heavy atom. The summed E-state index contributed by atoms with van der Waals surface area (Å²) >= 11 is 0. The number of nitrogens with one attached hydrogen (secondary N) is 2. The molecule has 1 atom stereocenters. The van der Waals surface area contributed by atoms with E-state index in [0.717, 1.165) is 0 Å². The van der Waals surface area contributed by atoms with Crippen LogP contribution >= 0.6 is 0 Å². The molecular formula is C16H17FN2O2. The van der Waals surface area contributed by atoms with Crippen LogP contribution < -0.4 is 15.4 Å². The summed E-state index contributed by atoms with van der Waals surface area (Å²) in [5.41, 5.74) is 0.868. The number of para-hydroxylation sites is 3. The van der Waals surface area contributed by atoms with Crippen LogP contribution in [0.25, 0.3) is 0 Å². The van der Waals surface area contributed by atoms with Crippen LogP contribution in [-0.2, 0) is 4.79 Å². The molecule has 0 fully saturated rings. The third-order valence-corrected chi connectivity index (χ3v) is 3.00. The van der Waals surface area contributed by atoms with E-state index in [-0.39, 0.29) is 11.6 Å². The van der Waals surface area contributed by atoms with Crippen LogP contribution in [0.2, 0.25) is 0 Å². The van der Waals surface area contributed by atoms with Crippen LogP contribution in [0, 0.1) is 5.82 Å². The molecule has 0 bridgehead atoms. The Kier molecular flexibility index (Phi) is 4.77. The molecule has 2 N–H and O–H groups in total. The average Bonchev–Trinajstić information content (AvgIpc) is 2.50. The molecule has 21 heavy (non-hydrogen) atoms. The third-order valence-electron chi connectivity index (χ3n) is 3.00. The van der Waals surface area contributed by atoms with Crippen molar-refractivity contribution in [1.82, 2.24) is 0 Å². The molecule has 2 aromatic rings. The van der Waals surface area contributed by atoms with Gasteiger partial charge in [0.15, 0.2) is 0 Å². The monoisotopic (exact) mass is 288 g/mol. The number of anilines is 2. The third kappa shape index (κ3) is 3.72. The van der Waals surface area contributed by atoms with Crippen molar-refractivity contribution in [3.63, 3.8) is 0 Å². The van der Waals surface area contributed by atoms with E-state index >= 15 is 0 Å². The van der Waals surface area contributed by atoms with Crippen molar-refractivity contribution in [3.8, 4) is 5.75 Å². The van der Waals surface area contributed by atoms with E-state index in [1.165, 1.54) is 12.1 Å². The van der Waals surface area contributed by atoms with E-state index in [9.17, 15) is 9.18 Å². The highest BCUT2D eigenvalue weighted by Gasteiger charge is 2.15. The maximum atomic E-state index is 13.5. The van der Waals surface area contributed by atoms with Crippen LogP contribution in [0.3, 0.4) is 0 Å². The number of benzene rings is 2.